The lowest BCUT2D eigenvalue weighted by Crippen LogP contribution is -2.58. The molecule has 0 atom stereocenters. The Morgan fingerprint density at radius 2 is 1.91 bits per heavy atom. The molecule has 0 radical (unpaired) electrons. The summed E-state index contributed by atoms with van der Waals surface area (Å²) in [6, 6.07) is 1.76. The third-order valence-electron chi connectivity index (χ3n) is 5.63. The first-order chi connectivity index (χ1) is 16.2. The zero-order valence-corrected chi connectivity index (χ0v) is 22.5. The Morgan fingerprint density at radius 1 is 1.23 bits per heavy atom. The Labute approximate surface area is 211 Å². The molecule has 1 fully saturated rings. The number of rotatable bonds is 5. The van der Waals surface area contributed by atoms with E-state index in [1.807, 2.05) is 20.8 Å². The number of nitrogens with zero attached hydrogens (tertiary/aromatic N) is 7. The fourth-order valence-corrected chi connectivity index (χ4v) is 4.87. The van der Waals surface area contributed by atoms with Crippen LogP contribution in [0.4, 0.5) is 4.79 Å². The third-order valence-corrected chi connectivity index (χ3v) is 7.07. The second kappa shape index (κ2) is 9.22. The van der Waals surface area contributed by atoms with Crippen molar-refractivity contribution in [2.24, 2.45) is 0 Å². The van der Waals surface area contributed by atoms with E-state index < -0.39 is 21.5 Å². The van der Waals surface area contributed by atoms with E-state index in [0.29, 0.717) is 72.5 Å². The summed E-state index contributed by atoms with van der Waals surface area (Å²) in [4.78, 5) is 26.5. The molecule has 0 N–H and O–H groups in total. The molecule has 12 nitrogen and oxygen atoms in total. The number of pyridine rings is 1. The van der Waals surface area contributed by atoms with Crippen molar-refractivity contribution >= 4 is 48.5 Å². The zero-order chi connectivity index (χ0) is 25.6. The summed E-state index contributed by atoms with van der Waals surface area (Å²) in [5, 5.41) is 18.0. The highest BCUT2D eigenvalue weighted by atomic mass is 79.9. The SMILES string of the molecule is CC(C)(C)OC(=O)N1CC[N+]([O-])(CCCc2nc3c(Br)cc4cnc(S(C)(=O)=O)nc4n3n2)CC1. The van der Waals surface area contributed by atoms with Gasteiger partial charge in [0.15, 0.2) is 17.1 Å². The van der Waals surface area contributed by atoms with Crippen LogP contribution in [0.1, 0.15) is 33.0 Å². The average molecular weight is 570 g/mol. The van der Waals surface area contributed by atoms with Crippen LogP contribution in [0, 0.1) is 5.21 Å². The number of aryl methyl sites for hydroxylation is 1. The molecule has 190 valence electrons. The van der Waals surface area contributed by atoms with Gasteiger partial charge in [0.1, 0.15) is 5.60 Å². The number of quaternary nitrogens is 1. The van der Waals surface area contributed by atoms with Crippen molar-refractivity contribution < 1.29 is 22.6 Å². The topological polar surface area (TPSA) is 143 Å². The molecule has 0 saturated carbocycles. The van der Waals surface area contributed by atoms with Gasteiger partial charge in [0.2, 0.25) is 15.0 Å². The highest BCUT2D eigenvalue weighted by Crippen LogP contribution is 2.24. The first kappa shape index (κ1) is 25.7. The minimum atomic E-state index is -3.58. The molecule has 0 aliphatic carbocycles. The van der Waals surface area contributed by atoms with Crippen LogP contribution in [0.5, 0.6) is 0 Å². The van der Waals surface area contributed by atoms with Gasteiger partial charge in [-0.3, -0.25) is 4.90 Å². The number of sulfone groups is 1. The third kappa shape index (κ3) is 5.88. The van der Waals surface area contributed by atoms with Crippen LogP contribution in [0.15, 0.2) is 21.9 Å². The molecular weight excluding hydrogens is 542 g/mol. The lowest BCUT2D eigenvalue weighted by Gasteiger charge is -2.48. The molecule has 0 aromatic carbocycles. The molecule has 0 bridgehead atoms. The van der Waals surface area contributed by atoms with Gasteiger partial charge in [-0.2, -0.15) is 9.50 Å². The second-order valence-corrected chi connectivity index (χ2v) is 12.5. The van der Waals surface area contributed by atoms with Crippen LogP contribution in [0.2, 0.25) is 0 Å². The average Bonchev–Trinajstić information content (AvgIpc) is 3.17. The molecule has 1 aliphatic heterocycles. The first-order valence-corrected chi connectivity index (χ1v) is 13.9. The number of aromatic nitrogens is 5. The Balaban J connectivity index is 1.43. The van der Waals surface area contributed by atoms with E-state index in [0.717, 1.165) is 6.26 Å². The Morgan fingerprint density at radius 3 is 2.54 bits per heavy atom. The van der Waals surface area contributed by atoms with Gasteiger partial charge < -0.3 is 14.6 Å². The maximum Gasteiger partial charge on any atom is 0.410 e. The number of fused-ring (bicyclic) bond motifs is 3. The van der Waals surface area contributed by atoms with E-state index in [1.54, 1.807) is 11.0 Å². The van der Waals surface area contributed by atoms with E-state index in [2.05, 4.69) is 36.0 Å². The summed E-state index contributed by atoms with van der Waals surface area (Å²) in [7, 11) is -3.58. The quantitative estimate of drug-likeness (QED) is 0.257. The molecule has 1 saturated heterocycles. The summed E-state index contributed by atoms with van der Waals surface area (Å²) in [5.74, 6) is 0.525. The summed E-state index contributed by atoms with van der Waals surface area (Å²) in [5.41, 5.74) is 0.267. The second-order valence-electron chi connectivity index (χ2n) is 9.76. The normalized spacial score (nSPS) is 16.7. The summed E-state index contributed by atoms with van der Waals surface area (Å²) in [6.07, 6.45) is 3.13. The maximum absolute atomic E-state index is 13.1. The first-order valence-electron chi connectivity index (χ1n) is 11.2. The van der Waals surface area contributed by atoms with Gasteiger partial charge >= 0.3 is 6.09 Å². The van der Waals surface area contributed by atoms with Crippen molar-refractivity contribution in [1.29, 1.82) is 0 Å². The van der Waals surface area contributed by atoms with E-state index in [4.69, 9.17) is 4.74 Å². The maximum atomic E-state index is 13.1. The fraction of sp³-hybridized carbons (Fsp3) is 0.571. The molecule has 4 rings (SSSR count). The molecule has 0 spiro atoms. The number of halogens is 1. The molecule has 14 heteroatoms. The van der Waals surface area contributed by atoms with Crippen molar-refractivity contribution in [1.82, 2.24) is 29.5 Å². The van der Waals surface area contributed by atoms with E-state index in [9.17, 15) is 18.4 Å². The van der Waals surface area contributed by atoms with Crippen molar-refractivity contribution in [3.63, 3.8) is 0 Å². The molecule has 3 aromatic heterocycles. The lowest BCUT2D eigenvalue weighted by molar-refractivity contribution is -0.884. The predicted octanol–water partition coefficient (Wildman–Crippen LogP) is 2.34. The molecule has 3 aromatic rings. The predicted molar refractivity (Wildman–Crippen MR) is 131 cm³/mol. The van der Waals surface area contributed by atoms with Crippen LogP contribution in [0.3, 0.4) is 0 Å². The highest BCUT2D eigenvalue weighted by Gasteiger charge is 2.30. The molecule has 1 amide bonds. The standard InChI is InChI=1S/C21H28BrN7O5S/c1-21(2,3)34-20(30)27-7-10-29(31,11-8-27)9-5-6-16-24-18-15(22)12-14-13-23-19(35(4,32)33)25-17(14)28(18)26-16/h12-13H,5-11H2,1-4H3. The highest BCUT2D eigenvalue weighted by molar-refractivity contribution is 9.10. The van der Waals surface area contributed by atoms with Gasteiger partial charge in [-0.1, -0.05) is 0 Å². The van der Waals surface area contributed by atoms with Gasteiger partial charge in [0.05, 0.1) is 37.2 Å². The van der Waals surface area contributed by atoms with Crippen LogP contribution in [-0.4, -0.2) is 93.2 Å². The number of piperazine rings is 1. The lowest BCUT2D eigenvalue weighted by atomic mass is 10.2. The van der Waals surface area contributed by atoms with Crippen LogP contribution >= 0.6 is 15.9 Å². The largest absolute Gasteiger partial charge is 0.633 e. The number of ether oxygens (including phenoxy) is 1. The molecular formula is C21H28BrN7O5S. The van der Waals surface area contributed by atoms with Crippen molar-refractivity contribution in [2.45, 2.75) is 44.4 Å². The van der Waals surface area contributed by atoms with Crippen molar-refractivity contribution in [3.05, 3.63) is 27.8 Å². The zero-order valence-electron chi connectivity index (χ0n) is 20.1. The molecule has 1 aliphatic rings. The summed E-state index contributed by atoms with van der Waals surface area (Å²) >= 11 is 3.47. The van der Waals surface area contributed by atoms with Crippen molar-refractivity contribution in [3.8, 4) is 0 Å². The molecule has 0 unspecified atom stereocenters. The molecule has 35 heavy (non-hydrogen) atoms. The minimum absolute atomic E-state index is 0.283. The van der Waals surface area contributed by atoms with Crippen LogP contribution in [-0.2, 0) is 21.0 Å². The fourth-order valence-electron chi connectivity index (χ4n) is 3.87. The van der Waals surface area contributed by atoms with E-state index in [-0.39, 0.29) is 9.80 Å². The van der Waals surface area contributed by atoms with Crippen LogP contribution < -0.4 is 0 Å². The van der Waals surface area contributed by atoms with Gasteiger partial charge in [-0.25, -0.2) is 23.2 Å². The van der Waals surface area contributed by atoms with Gasteiger partial charge in [0.25, 0.3) is 0 Å². The smallest absolute Gasteiger partial charge is 0.410 e. The Hall–Kier alpha value is -2.42. The monoisotopic (exact) mass is 569 g/mol. The number of carbonyl (C=O) groups is 1. The number of hydrogen-bond acceptors (Lipinski definition) is 9. The number of hydrogen-bond donors (Lipinski definition) is 0. The van der Waals surface area contributed by atoms with Gasteiger partial charge in [-0.15, -0.1) is 5.10 Å². The minimum Gasteiger partial charge on any atom is -0.633 e. The van der Waals surface area contributed by atoms with E-state index >= 15 is 0 Å². The summed E-state index contributed by atoms with van der Waals surface area (Å²) < 4.78 is 30.9. The number of carbonyl (C=O) groups excluding carboxylic acids is 1. The van der Waals surface area contributed by atoms with Gasteiger partial charge in [-0.05, 0) is 42.8 Å². The Kier molecular flexibility index (Phi) is 6.76. The van der Waals surface area contributed by atoms with Crippen molar-refractivity contribution in [2.75, 3.05) is 39.0 Å². The van der Waals surface area contributed by atoms with E-state index in [1.165, 1.54) is 10.7 Å². The van der Waals surface area contributed by atoms with Gasteiger partial charge in [0, 0.05) is 30.7 Å². The summed E-state index contributed by atoms with van der Waals surface area (Å²) in [6.45, 7) is 7.14. The Bertz CT molecular complexity index is 1380. The number of hydroxylamine groups is 3. The van der Waals surface area contributed by atoms with Crippen LogP contribution in [0.25, 0.3) is 16.7 Å². The molecule has 4 heterocycles. The number of amides is 1.